The number of aliphatic hydroxyl groups excluding tert-OH is 1. The van der Waals surface area contributed by atoms with Gasteiger partial charge in [0.2, 0.25) is 0 Å². The van der Waals surface area contributed by atoms with Crippen LogP contribution in [0.4, 0.5) is 0 Å². The fourth-order valence-electron chi connectivity index (χ4n) is 2.94. The third kappa shape index (κ3) is 15.2. The summed E-state index contributed by atoms with van der Waals surface area (Å²) in [5.41, 5.74) is 0. The summed E-state index contributed by atoms with van der Waals surface area (Å²) < 4.78 is 32.3. The molecular formula is C18H38O4S. The minimum atomic E-state index is -3.92. The first-order valence-corrected chi connectivity index (χ1v) is 11.0. The molecule has 0 fully saturated rings. The standard InChI is InChI=1S/C18H38O4S/c1-3-4-5-6-7-8-9-12-15-18(23(20,21)22)16-13-10-11-14-17(2)19/h17-19H,3-16H2,1-2H3,(H,20,21,22). The molecule has 0 saturated heterocycles. The second kappa shape index (κ2) is 14.2. The van der Waals surface area contributed by atoms with E-state index in [0.29, 0.717) is 12.8 Å². The molecule has 0 amide bonds. The lowest BCUT2D eigenvalue weighted by Gasteiger charge is -2.14. The molecular weight excluding hydrogens is 312 g/mol. The summed E-state index contributed by atoms with van der Waals surface area (Å²) in [5.74, 6) is 0. The van der Waals surface area contributed by atoms with Crippen LogP contribution in [-0.4, -0.2) is 29.4 Å². The molecule has 4 nitrogen and oxygen atoms in total. The van der Waals surface area contributed by atoms with E-state index < -0.39 is 15.4 Å². The summed E-state index contributed by atoms with van der Waals surface area (Å²) in [6.45, 7) is 3.98. The van der Waals surface area contributed by atoms with Crippen LogP contribution in [0.5, 0.6) is 0 Å². The van der Waals surface area contributed by atoms with Gasteiger partial charge in [0, 0.05) is 0 Å². The highest BCUT2D eigenvalue weighted by Crippen LogP contribution is 2.19. The van der Waals surface area contributed by atoms with E-state index in [2.05, 4.69) is 6.92 Å². The van der Waals surface area contributed by atoms with Gasteiger partial charge in [0.05, 0.1) is 11.4 Å². The second-order valence-corrected chi connectivity index (χ2v) is 8.58. The van der Waals surface area contributed by atoms with Crippen LogP contribution in [0.1, 0.15) is 104 Å². The van der Waals surface area contributed by atoms with E-state index in [1.165, 1.54) is 32.1 Å². The van der Waals surface area contributed by atoms with Gasteiger partial charge in [-0.3, -0.25) is 4.55 Å². The van der Waals surface area contributed by atoms with Crippen LogP contribution in [-0.2, 0) is 10.1 Å². The molecule has 0 radical (unpaired) electrons. The number of hydrogen-bond donors (Lipinski definition) is 2. The monoisotopic (exact) mass is 350 g/mol. The Hall–Kier alpha value is -0.130. The minimum absolute atomic E-state index is 0.287. The van der Waals surface area contributed by atoms with E-state index in [1.54, 1.807) is 6.92 Å². The van der Waals surface area contributed by atoms with Gasteiger partial charge in [0.25, 0.3) is 10.1 Å². The van der Waals surface area contributed by atoms with Crippen LogP contribution in [0.15, 0.2) is 0 Å². The Bertz CT molecular complexity index is 352. The molecule has 0 spiro atoms. The minimum Gasteiger partial charge on any atom is -0.393 e. The first-order valence-electron chi connectivity index (χ1n) is 9.52. The molecule has 0 rings (SSSR count). The van der Waals surface area contributed by atoms with E-state index in [-0.39, 0.29) is 6.10 Å². The Morgan fingerprint density at radius 3 is 1.57 bits per heavy atom. The predicted octanol–water partition coefficient (Wildman–Crippen LogP) is 5.10. The van der Waals surface area contributed by atoms with Gasteiger partial charge in [-0.2, -0.15) is 8.42 Å². The number of hydrogen-bond acceptors (Lipinski definition) is 3. The van der Waals surface area contributed by atoms with Crippen molar-refractivity contribution in [2.75, 3.05) is 0 Å². The normalized spacial score (nSPS) is 14.8. The van der Waals surface area contributed by atoms with Crippen LogP contribution in [0, 0.1) is 0 Å². The third-order valence-corrected chi connectivity index (χ3v) is 5.76. The van der Waals surface area contributed by atoms with Gasteiger partial charge < -0.3 is 5.11 Å². The van der Waals surface area contributed by atoms with Crippen LogP contribution in [0.25, 0.3) is 0 Å². The summed E-state index contributed by atoms with van der Waals surface area (Å²) in [7, 11) is -3.92. The highest BCUT2D eigenvalue weighted by Gasteiger charge is 2.21. The van der Waals surface area contributed by atoms with Gasteiger partial charge in [-0.05, 0) is 26.2 Å². The molecule has 23 heavy (non-hydrogen) atoms. The molecule has 0 saturated carbocycles. The van der Waals surface area contributed by atoms with Crippen molar-refractivity contribution in [2.24, 2.45) is 0 Å². The van der Waals surface area contributed by atoms with Crippen LogP contribution >= 0.6 is 0 Å². The molecule has 0 heterocycles. The molecule has 2 N–H and O–H groups in total. The smallest absolute Gasteiger partial charge is 0.267 e. The number of rotatable bonds is 16. The molecule has 0 aromatic heterocycles. The van der Waals surface area contributed by atoms with Crippen molar-refractivity contribution in [3.8, 4) is 0 Å². The van der Waals surface area contributed by atoms with E-state index in [4.69, 9.17) is 0 Å². The molecule has 0 aliphatic carbocycles. The maximum absolute atomic E-state index is 11.5. The molecule has 0 bridgehead atoms. The second-order valence-electron chi connectivity index (χ2n) is 6.89. The maximum atomic E-state index is 11.5. The van der Waals surface area contributed by atoms with Gasteiger partial charge in [-0.1, -0.05) is 77.6 Å². The van der Waals surface area contributed by atoms with Crippen LogP contribution in [0.3, 0.4) is 0 Å². The maximum Gasteiger partial charge on any atom is 0.267 e. The topological polar surface area (TPSA) is 74.6 Å². The van der Waals surface area contributed by atoms with Crippen LogP contribution in [0.2, 0.25) is 0 Å². The van der Waals surface area contributed by atoms with Gasteiger partial charge >= 0.3 is 0 Å². The van der Waals surface area contributed by atoms with Crippen molar-refractivity contribution in [2.45, 2.75) is 115 Å². The Balaban J connectivity index is 3.77. The zero-order valence-corrected chi connectivity index (χ0v) is 16.0. The highest BCUT2D eigenvalue weighted by atomic mass is 32.2. The van der Waals surface area contributed by atoms with E-state index >= 15 is 0 Å². The molecule has 140 valence electrons. The molecule has 2 atom stereocenters. The van der Waals surface area contributed by atoms with Crippen molar-refractivity contribution < 1.29 is 18.1 Å². The third-order valence-electron chi connectivity index (χ3n) is 4.45. The molecule has 0 aromatic rings. The van der Waals surface area contributed by atoms with Crippen molar-refractivity contribution in [1.29, 1.82) is 0 Å². The van der Waals surface area contributed by atoms with Gasteiger partial charge in [-0.25, -0.2) is 0 Å². The summed E-state index contributed by atoms with van der Waals surface area (Å²) in [6, 6.07) is 0. The summed E-state index contributed by atoms with van der Waals surface area (Å²) in [5, 5.41) is 8.59. The van der Waals surface area contributed by atoms with Crippen molar-refractivity contribution in [1.82, 2.24) is 0 Å². The van der Waals surface area contributed by atoms with Crippen molar-refractivity contribution in [3.05, 3.63) is 0 Å². The summed E-state index contributed by atoms with van der Waals surface area (Å²) >= 11 is 0. The van der Waals surface area contributed by atoms with Crippen molar-refractivity contribution in [3.63, 3.8) is 0 Å². The molecule has 0 aromatic carbocycles. The predicted molar refractivity (Wildman–Crippen MR) is 97.3 cm³/mol. The zero-order valence-electron chi connectivity index (χ0n) is 15.2. The van der Waals surface area contributed by atoms with Gasteiger partial charge in [0.1, 0.15) is 0 Å². The Kier molecular flexibility index (Phi) is 14.2. The number of aliphatic hydroxyl groups is 1. The van der Waals surface area contributed by atoms with Gasteiger partial charge in [0.15, 0.2) is 0 Å². The van der Waals surface area contributed by atoms with Crippen molar-refractivity contribution >= 4 is 10.1 Å². The summed E-state index contributed by atoms with van der Waals surface area (Å²) in [4.78, 5) is 0. The largest absolute Gasteiger partial charge is 0.393 e. The SMILES string of the molecule is CCCCCCCCCCC(CCCCCC(C)O)S(=O)(=O)O. The summed E-state index contributed by atoms with van der Waals surface area (Å²) in [6.07, 6.45) is 13.7. The quantitative estimate of drug-likeness (QED) is 0.300. The molecule has 0 aliphatic rings. The lowest BCUT2D eigenvalue weighted by molar-refractivity contribution is 0.180. The van der Waals surface area contributed by atoms with E-state index in [0.717, 1.165) is 44.9 Å². The first kappa shape index (κ1) is 22.9. The number of unbranched alkanes of at least 4 members (excludes halogenated alkanes) is 9. The molecule has 0 aliphatic heterocycles. The van der Waals surface area contributed by atoms with E-state index in [1.807, 2.05) is 0 Å². The highest BCUT2D eigenvalue weighted by molar-refractivity contribution is 7.86. The lowest BCUT2D eigenvalue weighted by Crippen LogP contribution is -2.20. The fraction of sp³-hybridized carbons (Fsp3) is 1.00. The van der Waals surface area contributed by atoms with Gasteiger partial charge in [-0.15, -0.1) is 0 Å². The lowest BCUT2D eigenvalue weighted by atomic mass is 10.0. The molecule has 5 heteroatoms. The van der Waals surface area contributed by atoms with Crippen LogP contribution < -0.4 is 0 Å². The van der Waals surface area contributed by atoms with E-state index in [9.17, 15) is 18.1 Å². The fourth-order valence-corrected chi connectivity index (χ4v) is 3.87. The first-order chi connectivity index (χ1) is 10.9. The average Bonchev–Trinajstić information content (AvgIpc) is 2.46. The Labute approximate surface area is 143 Å². The zero-order chi connectivity index (χ0) is 17.6. The average molecular weight is 351 g/mol. The molecule has 2 unspecified atom stereocenters. The Morgan fingerprint density at radius 1 is 0.739 bits per heavy atom. The Morgan fingerprint density at radius 2 is 1.13 bits per heavy atom.